The number of halogens is 1. The molecule has 0 radical (unpaired) electrons. The van der Waals surface area contributed by atoms with Crippen LogP contribution in [0.3, 0.4) is 0 Å². The SMILES string of the molecule is COc1ccccc1-c1cncc(Cl)n1. The van der Waals surface area contributed by atoms with Gasteiger partial charge in [-0.05, 0) is 12.1 Å². The number of ether oxygens (including phenoxy) is 1. The summed E-state index contributed by atoms with van der Waals surface area (Å²) in [4.78, 5) is 8.16. The van der Waals surface area contributed by atoms with Crippen LogP contribution in [0.1, 0.15) is 0 Å². The Kier molecular flexibility index (Phi) is 2.83. The maximum Gasteiger partial charge on any atom is 0.148 e. The summed E-state index contributed by atoms with van der Waals surface area (Å²) in [5.74, 6) is 0.758. The van der Waals surface area contributed by atoms with Gasteiger partial charge in [0.05, 0.1) is 25.2 Å². The quantitative estimate of drug-likeness (QED) is 0.781. The molecule has 15 heavy (non-hydrogen) atoms. The number of para-hydroxylation sites is 1. The van der Waals surface area contributed by atoms with Gasteiger partial charge in [-0.3, -0.25) is 4.98 Å². The fourth-order valence-electron chi connectivity index (χ4n) is 1.33. The molecule has 0 fully saturated rings. The summed E-state index contributed by atoms with van der Waals surface area (Å²) in [5.41, 5.74) is 1.59. The van der Waals surface area contributed by atoms with Crippen molar-refractivity contribution in [3.8, 4) is 17.0 Å². The van der Waals surface area contributed by atoms with Gasteiger partial charge in [0.25, 0.3) is 0 Å². The summed E-state index contributed by atoms with van der Waals surface area (Å²) in [7, 11) is 1.62. The molecular formula is C11H9ClN2O. The van der Waals surface area contributed by atoms with Crippen LogP contribution < -0.4 is 4.74 Å². The first-order valence-corrected chi connectivity index (χ1v) is 4.80. The highest BCUT2D eigenvalue weighted by molar-refractivity contribution is 6.29. The van der Waals surface area contributed by atoms with E-state index in [0.29, 0.717) is 10.8 Å². The van der Waals surface area contributed by atoms with Crippen molar-refractivity contribution in [1.82, 2.24) is 9.97 Å². The summed E-state index contributed by atoms with van der Waals surface area (Å²) in [6.07, 6.45) is 3.16. The smallest absolute Gasteiger partial charge is 0.148 e. The molecule has 0 amide bonds. The van der Waals surface area contributed by atoms with Crippen molar-refractivity contribution in [2.75, 3.05) is 7.11 Å². The molecule has 0 saturated heterocycles. The summed E-state index contributed by atoms with van der Waals surface area (Å²) >= 11 is 5.78. The van der Waals surface area contributed by atoms with Gasteiger partial charge in [0.2, 0.25) is 0 Å². The van der Waals surface area contributed by atoms with Crippen molar-refractivity contribution in [3.63, 3.8) is 0 Å². The third-order valence-corrected chi connectivity index (χ3v) is 2.17. The van der Waals surface area contributed by atoms with Gasteiger partial charge in [0, 0.05) is 5.56 Å². The van der Waals surface area contributed by atoms with E-state index in [-0.39, 0.29) is 0 Å². The second-order valence-electron chi connectivity index (χ2n) is 2.93. The normalized spacial score (nSPS) is 10.0. The number of benzene rings is 1. The molecule has 76 valence electrons. The Morgan fingerprint density at radius 1 is 1.20 bits per heavy atom. The predicted octanol–water partition coefficient (Wildman–Crippen LogP) is 2.81. The Morgan fingerprint density at radius 3 is 2.73 bits per heavy atom. The second-order valence-corrected chi connectivity index (χ2v) is 3.31. The molecule has 3 nitrogen and oxygen atoms in total. The molecule has 2 rings (SSSR count). The van der Waals surface area contributed by atoms with Gasteiger partial charge in [0.15, 0.2) is 0 Å². The zero-order chi connectivity index (χ0) is 10.7. The summed E-state index contributed by atoms with van der Waals surface area (Å²) in [5, 5.41) is 0.374. The van der Waals surface area contributed by atoms with Gasteiger partial charge in [-0.2, -0.15) is 0 Å². The van der Waals surface area contributed by atoms with Crippen LogP contribution in [-0.4, -0.2) is 17.1 Å². The Labute approximate surface area is 92.7 Å². The number of rotatable bonds is 2. The number of aromatic nitrogens is 2. The van der Waals surface area contributed by atoms with Gasteiger partial charge in [-0.15, -0.1) is 0 Å². The Hall–Kier alpha value is -1.61. The first-order valence-electron chi connectivity index (χ1n) is 4.42. The zero-order valence-electron chi connectivity index (χ0n) is 8.14. The van der Waals surface area contributed by atoms with E-state index in [0.717, 1.165) is 11.3 Å². The van der Waals surface area contributed by atoms with Crippen molar-refractivity contribution >= 4 is 11.6 Å². The molecule has 1 aromatic carbocycles. The maximum atomic E-state index is 5.78. The van der Waals surface area contributed by atoms with Gasteiger partial charge < -0.3 is 4.74 Å². The van der Waals surface area contributed by atoms with E-state index in [1.165, 1.54) is 6.20 Å². The molecule has 0 atom stereocenters. The maximum absolute atomic E-state index is 5.78. The molecule has 0 unspecified atom stereocenters. The minimum absolute atomic E-state index is 0.374. The van der Waals surface area contributed by atoms with Gasteiger partial charge >= 0.3 is 0 Å². The first-order chi connectivity index (χ1) is 7.31. The number of nitrogens with zero attached hydrogens (tertiary/aromatic N) is 2. The van der Waals surface area contributed by atoms with Crippen molar-refractivity contribution < 1.29 is 4.74 Å². The lowest BCUT2D eigenvalue weighted by Gasteiger charge is -2.06. The highest BCUT2D eigenvalue weighted by Gasteiger charge is 2.06. The van der Waals surface area contributed by atoms with Crippen LogP contribution in [0.5, 0.6) is 5.75 Å². The van der Waals surface area contributed by atoms with Crippen molar-refractivity contribution in [3.05, 3.63) is 41.8 Å². The summed E-state index contributed by atoms with van der Waals surface area (Å²) in [6, 6.07) is 7.61. The van der Waals surface area contributed by atoms with Crippen LogP contribution >= 0.6 is 11.6 Å². The van der Waals surface area contributed by atoms with E-state index >= 15 is 0 Å². The minimum Gasteiger partial charge on any atom is -0.496 e. The zero-order valence-corrected chi connectivity index (χ0v) is 8.90. The molecular weight excluding hydrogens is 212 g/mol. The average Bonchev–Trinajstić information content (AvgIpc) is 2.29. The highest BCUT2D eigenvalue weighted by Crippen LogP contribution is 2.27. The number of methoxy groups -OCH3 is 1. The van der Waals surface area contributed by atoms with Crippen molar-refractivity contribution in [1.29, 1.82) is 0 Å². The van der Waals surface area contributed by atoms with Crippen LogP contribution in [0.15, 0.2) is 36.7 Å². The minimum atomic E-state index is 0.374. The Bertz CT molecular complexity index is 474. The van der Waals surface area contributed by atoms with Crippen molar-refractivity contribution in [2.24, 2.45) is 0 Å². The Morgan fingerprint density at radius 2 is 2.00 bits per heavy atom. The molecule has 0 aliphatic carbocycles. The lowest BCUT2D eigenvalue weighted by Crippen LogP contribution is -1.90. The van der Waals surface area contributed by atoms with E-state index in [2.05, 4.69) is 9.97 Å². The topological polar surface area (TPSA) is 35.0 Å². The third kappa shape index (κ3) is 2.07. The molecule has 0 N–H and O–H groups in total. The molecule has 2 aromatic rings. The monoisotopic (exact) mass is 220 g/mol. The molecule has 4 heteroatoms. The molecule has 0 aliphatic heterocycles. The summed E-state index contributed by atoms with van der Waals surface area (Å²) in [6.45, 7) is 0. The molecule has 0 spiro atoms. The predicted molar refractivity (Wildman–Crippen MR) is 59.0 cm³/mol. The van der Waals surface area contributed by atoms with E-state index in [1.54, 1.807) is 13.3 Å². The lowest BCUT2D eigenvalue weighted by molar-refractivity contribution is 0.416. The highest BCUT2D eigenvalue weighted by atomic mass is 35.5. The Balaban J connectivity index is 2.53. The van der Waals surface area contributed by atoms with Gasteiger partial charge in [-0.1, -0.05) is 23.7 Å². The van der Waals surface area contributed by atoms with Crippen LogP contribution in [-0.2, 0) is 0 Å². The van der Waals surface area contributed by atoms with E-state index < -0.39 is 0 Å². The molecule has 0 aliphatic rings. The fraction of sp³-hybridized carbons (Fsp3) is 0.0909. The van der Waals surface area contributed by atoms with Crippen LogP contribution in [0.2, 0.25) is 5.15 Å². The van der Waals surface area contributed by atoms with E-state index in [4.69, 9.17) is 16.3 Å². The fourth-order valence-corrected chi connectivity index (χ4v) is 1.48. The van der Waals surface area contributed by atoms with Crippen LogP contribution in [0, 0.1) is 0 Å². The molecule has 1 heterocycles. The second kappa shape index (κ2) is 4.28. The van der Waals surface area contributed by atoms with E-state index in [1.807, 2.05) is 24.3 Å². The van der Waals surface area contributed by atoms with Gasteiger partial charge in [0.1, 0.15) is 10.9 Å². The van der Waals surface area contributed by atoms with E-state index in [9.17, 15) is 0 Å². The lowest BCUT2D eigenvalue weighted by atomic mass is 10.1. The molecule has 0 bridgehead atoms. The standard InChI is InChI=1S/C11H9ClN2O/c1-15-10-5-3-2-4-8(10)9-6-13-7-11(12)14-9/h2-7H,1H3. The van der Waals surface area contributed by atoms with Gasteiger partial charge in [-0.25, -0.2) is 4.98 Å². The summed E-state index contributed by atoms with van der Waals surface area (Å²) < 4.78 is 5.23. The molecule has 0 saturated carbocycles. The number of hydrogen-bond acceptors (Lipinski definition) is 3. The molecule has 1 aromatic heterocycles. The number of hydrogen-bond donors (Lipinski definition) is 0. The third-order valence-electron chi connectivity index (χ3n) is 1.99. The first kappa shape index (κ1) is 9.93. The van der Waals surface area contributed by atoms with Crippen molar-refractivity contribution in [2.45, 2.75) is 0 Å². The van der Waals surface area contributed by atoms with Crippen LogP contribution in [0.4, 0.5) is 0 Å². The van der Waals surface area contributed by atoms with Crippen LogP contribution in [0.25, 0.3) is 11.3 Å². The average molecular weight is 221 g/mol. The largest absolute Gasteiger partial charge is 0.496 e.